The Morgan fingerprint density at radius 2 is 2.18 bits per heavy atom. The molecule has 4 rings (SSSR count). The predicted octanol–water partition coefficient (Wildman–Crippen LogP) is 4.14. The molecular weight excluding hydrogens is 433 g/mol. The smallest absolute Gasteiger partial charge is 0.259 e. The molecule has 1 amide bonds. The highest BCUT2D eigenvalue weighted by Crippen LogP contribution is 2.32. The number of amides is 1. The van der Waals surface area contributed by atoms with E-state index in [4.69, 9.17) is 4.74 Å². The molecule has 1 N–H and O–H groups in total. The molecule has 2 aliphatic rings. The molecule has 3 atom stereocenters. The van der Waals surface area contributed by atoms with Crippen molar-refractivity contribution < 1.29 is 19.0 Å². The fourth-order valence-electron chi connectivity index (χ4n) is 4.75. The third-order valence-electron chi connectivity index (χ3n) is 6.77. The maximum Gasteiger partial charge on any atom is 0.259 e. The second-order valence-electron chi connectivity index (χ2n) is 9.65. The lowest BCUT2D eigenvalue weighted by molar-refractivity contribution is 0.0325. The Hall–Kier alpha value is -2.77. The summed E-state index contributed by atoms with van der Waals surface area (Å²) in [6, 6.07) is 8.17. The first-order chi connectivity index (χ1) is 16.4. The van der Waals surface area contributed by atoms with Crippen molar-refractivity contribution in [2.24, 2.45) is 5.92 Å². The lowest BCUT2D eigenvalue weighted by atomic mass is 9.99. The van der Waals surface area contributed by atoms with E-state index in [2.05, 4.69) is 16.0 Å². The van der Waals surface area contributed by atoms with E-state index in [1.54, 1.807) is 23.2 Å². The van der Waals surface area contributed by atoms with Crippen LogP contribution in [0.2, 0.25) is 0 Å². The normalized spacial score (nSPS) is 21.5. The fourth-order valence-corrected chi connectivity index (χ4v) is 4.75. The van der Waals surface area contributed by atoms with Gasteiger partial charge < -0.3 is 14.7 Å². The molecule has 0 saturated carbocycles. The Labute approximate surface area is 201 Å². The van der Waals surface area contributed by atoms with Crippen LogP contribution in [0, 0.1) is 11.7 Å². The van der Waals surface area contributed by atoms with Crippen molar-refractivity contribution >= 4 is 11.5 Å². The van der Waals surface area contributed by atoms with Crippen molar-refractivity contribution in [3.8, 4) is 5.88 Å². The number of pyridine rings is 1. The first-order valence-corrected chi connectivity index (χ1v) is 12.1. The number of nitrogens with zero attached hydrogens (tertiary/aromatic N) is 3. The summed E-state index contributed by atoms with van der Waals surface area (Å²) in [7, 11) is 1.98. The first-order valence-electron chi connectivity index (χ1n) is 12.1. The summed E-state index contributed by atoms with van der Waals surface area (Å²) in [4.78, 5) is 21.9. The molecule has 2 heterocycles. The third-order valence-corrected chi connectivity index (χ3v) is 6.77. The van der Waals surface area contributed by atoms with Crippen molar-refractivity contribution in [2.45, 2.75) is 51.8 Å². The van der Waals surface area contributed by atoms with Crippen molar-refractivity contribution in [2.75, 3.05) is 26.7 Å². The number of allylic oxidation sites excluding steroid dienone is 2. The Bertz CT molecular complexity index is 1060. The number of halogens is 1. The molecule has 34 heavy (non-hydrogen) atoms. The largest absolute Gasteiger partial charge is 0.472 e. The van der Waals surface area contributed by atoms with Gasteiger partial charge in [-0.25, -0.2) is 9.37 Å². The number of likely N-dealkylation sites (N-methyl/N-ethyl adjacent to an activating group) is 1. The minimum Gasteiger partial charge on any atom is -0.472 e. The van der Waals surface area contributed by atoms with Crippen LogP contribution in [-0.2, 0) is 6.54 Å². The number of hydrogen-bond donors (Lipinski definition) is 1. The molecule has 0 fully saturated rings. The number of carbonyl (C=O) groups excluding carboxylic acids is 1. The summed E-state index contributed by atoms with van der Waals surface area (Å²) in [6.45, 7) is 5.42. The molecule has 6 nitrogen and oxygen atoms in total. The molecule has 1 aromatic carbocycles. The monoisotopic (exact) mass is 467 g/mol. The van der Waals surface area contributed by atoms with Crippen LogP contribution < -0.4 is 4.74 Å². The van der Waals surface area contributed by atoms with Gasteiger partial charge in [-0.15, -0.1) is 0 Å². The standard InChI is InChI=1S/C27H34FN3O3/c1-18-14-31(19(2)17-32)27(33)24-12-22(21-8-4-5-9-21)13-29-26(24)34-25(18)16-30(3)15-20-7-6-10-23(28)11-20/h6-8,10-13,18-19,25,32H,4-5,9,14-17H2,1-3H3/t18-,19-,25-/m0/s1. The highest BCUT2D eigenvalue weighted by Gasteiger charge is 2.34. The Kier molecular flexibility index (Phi) is 7.63. The number of aliphatic hydroxyl groups is 1. The van der Waals surface area contributed by atoms with Crippen LogP contribution in [0.25, 0.3) is 5.57 Å². The van der Waals surface area contributed by atoms with Gasteiger partial charge in [0.25, 0.3) is 5.91 Å². The predicted molar refractivity (Wildman–Crippen MR) is 130 cm³/mol. The number of ether oxygens (including phenoxy) is 1. The summed E-state index contributed by atoms with van der Waals surface area (Å²) in [5, 5.41) is 9.84. The number of rotatable bonds is 7. The fraction of sp³-hybridized carbons (Fsp3) is 0.481. The van der Waals surface area contributed by atoms with Gasteiger partial charge in [0.15, 0.2) is 0 Å². The van der Waals surface area contributed by atoms with E-state index in [1.807, 2.05) is 33.0 Å². The molecule has 2 aromatic rings. The summed E-state index contributed by atoms with van der Waals surface area (Å²) < 4.78 is 20.0. The van der Waals surface area contributed by atoms with Gasteiger partial charge in [-0.1, -0.05) is 25.1 Å². The zero-order valence-corrected chi connectivity index (χ0v) is 20.2. The van der Waals surface area contributed by atoms with Gasteiger partial charge in [0.1, 0.15) is 17.5 Å². The summed E-state index contributed by atoms with van der Waals surface area (Å²) in [5.41, 5.74) is 3.50. The van der Waals surface area contributed by atoms with Crippen LogP contribution in [0.3, 0.4) is 0 Å². The minimum absolute atomic E-state index is 0.0000708. The average Bonchev–Trinajstić information content (AvgIpc) is 3.35. The molecule has 0 spiro atoms. The molecule has 0 saturated heterocycles. The number of aliphatic hydroxyl groups excluding tert-OH is 1. The summed E-state index contributed by atoms with van der Waals surface area (Å²) in [5.74, 6) is -0.0823. The molecule has 1 aliphatic carbocycles. The van der Waals surface area contributed by atoms with Crippen molar-refractivity contribution in [3.63, 3.8) is 0 Å². The van der Waals surface area contributed by atoms with E-state index < -0.39 is 0 Å². The molecule has 1 aliphatic heterocycles. The van der Waals surface area contributed by atoms with E-state index in [1.165, 1.54) is 11.6 Å². The maximum atomic E-state index is 13.6. The van der Waals surface area contributed by atoms with E-state index in [0.717, 1.165) is 30.4 Å². The quantitative estimate of drug-likeness (QED) is 0.663. The third kappa shape index (κ3) is 5.47. The van der Waals surface area contributed by atoms with E-state index >= 15 is 0 Å². The van der Waals surface area contributed by atoms with Crippen molar-refractivity contribution in [1.29, 1.82) is 0 Å². The highest BCUT2D eigenvalue weighted by molar-refractivity contribution is 5.97. The number of fused-ring (bicyclic) bond motifs is 1. The summed E-state index contributed by atoms with van der Waals surface area (Å²) in [6.07, 6.45) is 6.91. The van der Waals surface area contributed by atoms with Crippen LogP contribution in [0.1, 0.15) is 54.6 Å². The molecule has 182 valence electrons. The molecule has 0 radical (unpaired) electrons. The van der Waals surface area contributed by atoms with E-state index in [-0.39, 0.29) is 36.4 Å². The van der Waals surface area contributed by atoms with Crippen LogP contribution in [0.5, 0.6) is 5.88 Å². The van der Waals surface area contributed by atoms with Gasteiger partial charge >= 0.3 is 0 Å². The molecule has 0 bridgehead atoms. The van der Waals surface area contributed by atoms with E-state index in [0.29, 0.717) is 31.1 Å². The van der Waals surface area contributed by atoms with Crippen LogP contribution in [0.15, 0.2) is 42.6 Å². The topological polar surface area (TPSA) is 65.9 Å². The lowest BCUT2D eigenvalue weighted by Crippen LogP contribution is -2.49. The molecular formula is C27H34FN3O3. The van der Waals surface area contributed by atoms with Gasteiger partial charge in [0.05, 0.1) is 12.6 Å². The lowest BCUT2D eigenvalue weighted by Gasteiger charge is -2.37. The Balaban J connectivity index is 1.62. The van der Waals surface area contributed by atoms with E-state index in [9.17, 15) is 14.3 Å². The van der Waals surface area contributed by atoms with Crippen LogP contribution in [0.4, 0.5) is 4.39 Å². The number of hydrogen-bond acceptors (Lipinski definition) is 5. The van der Waals surface area contributed by atoms with Crippen molar-refractivity contribution in [1.82, 2.24) is 14.8 Å². The number of benzene rings is 1. The van der Waals surface area contributed by atoms with Gasteiger partial charge in [0, 0.05) is 31.7 Å². The molecule has 7 heteroatoms. The minimum atomic E-state index is -0.319. The SMILES string of the molecule is C[C@H]1CN([C@@H](C)CO)C(=O)c2cc(C3=CCCC3)cnc2O[C@H]1CN(C)Cc1cccc(F)c1. The summed E-state index contributed by atoms with van der Waals surface area (Å²) >= 11 is 0. The zero-order chi connectivity index (χ0) is 24.2. The van der Waals surface area contributed by atoms with Gasteiger partial charge in [0.2, 0.25) is 5.88 Å². The average molecular weight is 468 g/mol. The van der Waals surface area contributed by atoms with Gasteiger partial charge in [-0.2, -0.15) is 0 Å². The van der Waals surface area contributed by atoms with Gasteiger partial charge in [-0.05, 0) is 68.1 Å². The Morgan fingerprint density at radius 1 is 1.35 bits per heavy atom. The van der Waals surface area contributed by atoms with Crippen molar-refractivity contribution in [3.05, 3.63) is 65.1 Å². The first kappa shape index (κ1) is 24.4. The second-order valence-corrected chi connectivity index (χ2v) is 9.65. The maximum absolute atomic E-state index is 13.6. The van der Waals surface area contributed by atoms with Crippen LogP contribution in [-0.4, -0.2) is 64.7 Å². The van der Waals surface area contributed by atoms with Crippen LogP contribution >= 0.6 is 0 Å². The highest BCUT2D eigenvalue weighted by atomic mass is 19.1. The second kappa shape index (κ2) is 10.7. The molecule has 1 aromatic heterocycles. The number of aromatic nitrogens is 1. The van der Waals surface area contributed by atoms with Gasteiger partial charge in [-0.3, -0.25) is 9.69 Å². The molecule has 0 unspecified atom stereocenters. The zero-order valence-electron chi connectivity index (χ0n) is 20.2. The number of carbonyl (C=O) groups is 1. The Morgan fingerprint density at radius 3 is 2.88 bits per heavy atom.